The number of likely N-dealkylation sites (tertiary alicyclic amines) is 1. The normalized spacial score (nSPS) is 19.7. The summed E-state index contributed by atoms with van der Waals surface area (Å²) >= 11 is 1.73. The third-order valence-corrected chi connectivity index (χ3v) is 8.70. The molecule has 2 saturated heterocycles. The van der Waals surface area contributed by atoms with Crippen LogP contribution in [0.4, 0.5) is 4.79 Å². The molecule has 41 heavy (non-hydrogen) atoms. The number of piperidine rings is 1. The second kappa shape index (κ2) is 10.7. The maximum absolute atomic E-state index is 13.7. The van der Waals surface area contributed by atoms with Crippen LogP contribution in [0.25, 0.3) is 32.8 Å². The van der Waals surface area contributed by atoms with Crippen molar-refractivity contribution in [1.82, 2.24) is 24.3 Å². The number of fused-ring (bicyclic) bond motifs is 2. The molecular formula is C30H37N5O5S. The fourth-order valence-corrected chi connectivity index (χ4v) is 6.93. The Balaban J connectivity index is 1.31. The number of imidazole rings is 1. The van der Waals surface area contributed by atoms with Crippen LogP contribution in [0.1, 0.15) is 56.4 Å². The highest BCUT2D eigenvalue weighted by atomic mass is 32.1. The third kappa shape index (κ3) is 5.28. The molecule has 0 saturated carbocycles. The molecule has 2 aliphatic heterocycles. The van der Waals surface area contributed by atoms with Gasteiger partial charge in [-0.1, -0.05) is 0 Å². The summed E-state index contributed by atoms with van der Waals surface area (Å²) in [6, 6.07) is 8.05. The molecule has 2 aliphatic rings. The van der Waals surface area contributed by atoms with Crippen molar-refractivity contribution in [3.05, 3.63) is 35.2 Å². The topological polar surface area (TPSA) is 99.8 Å². The number of nitrogens with one attached hydrogen (secondary N) is 1. The number of thiophene rings is 1. The molecule has 0 bridgehead atoms. The third-order valence-electron chi connectivity index (χ3n) is 7.78. The van der Waals surface area contributed by atoms with E-state index in [0.717, 1.165) is 42.9 Å². The predicted molar refractivity (Wildman–Crippen MR) is 159 cm³/mol. The van der Waals surface area contributed by atoms with E-state index in [1.165, 1.54) is 10.2 Å². The van der Waals surface area contributed by atoms with Crippen LogP contribution in [-0.4, -0.2) is 76.1 Å². The lowest BCUT2D eigenvalue weighted by Gasteiger charge is -2.33. The lowest BCUT2D eigenvalue weighted by atomic mass is 10.0. The number of aryl methyl sites for hydroxylation is 1. The van der Waals surface area contributed by atoms with E-state index in [4.69, 9.17) is 19.2 Å². The number of carbonyl (C=O) groups is 2. The zero-order chi connectivity index (χ0) is 28.9. The maximum Gasteiger partial charge on any atom is 0.407 e. The molecule has 11 heteroatoms. The molecule has 2 amide bonds. The first kappa shape index (κ1) is 27.6. The number of ether oxygens (including phenoxy) is 3. The molecule has 6 rings (SSSR count). The number of amides is 2. The summed E-state index contributed by atoms with van der Waals surface area (Å²) < 4.78 is 21.4. The Morgan fingerprint density at radius 3 is 2.76 bits per heavy atom. The highest BCUT2D eigenvalue weighted by molar-refractivity contribution is 7.16. The second-order valence-electron chi connectivity index (χ2n) is 11.9. The Bertz CT molecular complexity index is 1610. The van der Waals surface area contributed by atoms with E-state index in [2.05, 4.69) is 32.0 Å². The van der Waals surface area contributed by atoms with Crippen molar-refractivity contribution in [2.24, 2.45) is 7.05 Å². The fourth-order valence-electron chi connectivity index (χ4n) is 5.96. The molecule has 1 aromatic carbocycles. The van der Waals surface area contributed by atoms with Gasteiger partial charge in [-0.3, -0.25) is 4.79 Å². The molecule has 5 heterocycles. The molecule has 0 spiro atoms. The van der Waals surface area contributed by atoms with Crippen molar-refractivity contribution in [2.45, 2.75) is 57.7 Å². The average Bonchev–Trinajstić information content (AvgIpc) is 3.71. The molecule has 1 unspecified atom stereocenters. The summed E-state index contributed by atoms with van der Waals surface area (Å²) in [5, 5.41) is 6.23. The molecule has 0 radical (unpaired) electrons. The second-order valence-corrected chi connectivity index (χ2v) is 12.8. The molecule has 10 nitrogen and oxygen atoms in total. The molecule has 4 aromatic rings. The summed E-state index contributed by atoms with van der Waals surface area (Å²) in [5.74, 6) is 1.30. The van der Waals surface area contributed by atoms with Crippen molar-refractivity contribution in [1.29, 1.82) is 0 Å². The Morgan fingerprint density at radius 1 is 1.20 bits per heavy atom. The quantitative estimate of drug-likeness (QED) is 0.342. The summed E-state index contributed by atoms with van der Waals surface area (Å²) in [6.45, 7) is 7.96. The van der Waals surface area contributed by atoms with Crippen LogP contribution in [0.3, 0.4) is 0 Å². The van der Waals surface area contributed by atoms with Gasteiger partial charge in [-0.15, -0.1) is 11.3 Å². The van der Waals surface area contributed by atoms with Crippen molar-refractivity contribution >= 4 is 44.6 Å². The van der Waals surface area contributed by atoms with Crippen LogP contribution in [0.5, 0.6) is 5.75 Å². The van der Waals surface area contributed by atoms with Gasteiger partial charge in [0.1, 0.15) is 21.7 Å². The SMILES string of the molecule is COc1cc(C(=O)N2CCC[C@@H](NC(=O)OC(C)(C)C)C2)cc2nc(-c3cc4ccsc4n3C3CCOC3)n(C)c12. The number of rotatable bonds is 5. The first-order chi connectivity index (χ1) is 19.6. The monoisotopic (exact) mass is 579 g/mol. The van der Waals surface area contributed by atoms with Gasteiger partial charge in [-0.05, 0) is 69.7 Å². The Morgan fingerprint density at radius 2 is 2.02 bits per heavy atom. The van der Waals surface area contributed by atoms with Crippen molar-refractivity contribution < 1.29 is 23.8 Å². The number of benzene rings is 1. The van der Waals surface area contributed by atoms with Crippen LogP contribution < -0.4 is 10.1 Å². The minimum Gasteiger partial charge on any atom is -0.494 e. The van der Waals surface area contributed by atoms with Crippen molar-refractivity contribution in [2.75, 3.05) is 33.4 Å². The number of methoxy groups -OCH3 is 1. The van der Waals surface area contributed by atoms with Crippen LogP contribution in [0.15, 0.2) is 29.6 Å². The molecule has 2 fully saturated rings. The molecule has 0 aliphatic carbocycles. The van der Waals surface area contributed by atoms with Crippen LogP contribution >= 0.6 is 11.3 Å². The van der Waals surface area contributed by atoms with Gasteiger partial charge in [-0.2, -0.15) is 0 Å². The molecule has 3 aromatic heterocycles. The number of alkyl carbamates (subject to hydrolysis) is 1. The van der Waals surface area contributed by atoms with Crippen LogP contribution in [0.2, 0.25) is 0 Å². The van der Waals surface area contributed by atoms with Crippen molar-refractivity contribution in [3.63, 3.8) is 0 Å². The summed E-state index contributed by atoms with van der Waals surface area (Å²) in [4.78, 5) is 34.1. The van der Waals surface area contributed by atoms with E-state index in [1.54, 1.807) is 29.4 Å². The Hall–Kier alpha value is -3.57. The first-order valence-corrected chi connectivity index (χ1v) is 15.0. The van der Waals surface area contributed by atoms with Gasteiger partial charge >= 0.3 is 6.09 Å². The molecule has 2 atom stereocenters. The number of nitrogens with zero attached hydrogens (tertiary/aromatic N) is 4. The number of hydrogen-bond acceptors (Lipinski definition) is 7. The predicted octanol–water partition coefficient (Wildman–Crippen LogP) is 5.36. The summed E-state index contributed by atoms with van der Waals surface area (Å²) in [5.41, 5.74) is 2.50. The lowest BCUT2D eigenvalue weighted by Crippen LogP contribution is -2.50. The zero-order valence-corrected chi connectivity index (χ0v) is 25.0. The van der Waals surface area contributed by atoms with Gasteiger partial charge in [0.2, 0.25) is 0 Å². The van der Waals surface area contributed by atoms with E-state index in [0.29, 0.717) is 36.5 Å². The smallest absolute Gasteiger partial charge is 0.407 e. The highest BCUT2D eigenvalue weighted by Crippen LogP contribution is 2.39. The minimum absolute atomic E-state index is 0.111. The van der Waals surface area contributed by atoms with Crippen LogP contribution in [-0.2, 0) is 16.5 Å². The average molecular weight is 580 g/mol. The fraction of sp³-hybridized carbons (Fsp3) is 0.500. The molecular weight excluding hydrogens is 542 g/mol. The zero-order valence-electron chi connectivity index (χ0n) is 24.2. The first-order valence-electron chi connectivity index (χ1n) is 14.1. The highest BCUT2D eigenvalue weighted by Gasteiger charge is 2.30. The van der Waals surface area contributed by atoms with Crippen molar-refractivity contribution in [3.8, 4) is 17.3 Å². The Labute approximate surface area is 243 Å². The van der Waals surface area contributed by atoms with Gasteiger partial charge in [-0.25, -0.2) is 9.78 Å². The van der Waals surface area contributed by atoms with Crippen LogP contribution in [0, 0.1) is 0 Å². The van der Waals surface area contributed by atoms with E-state index >= 15 is 0 Å². The Kier molecular flexibility index (Phi) is 7.19. The summed E-state index contributed by atoms with van der Waals surface area (Å²) in [7, 11) is 3.61. The maximum atomic E-state index is 13.7. The molecule has 1 N–H and O–H groups in total. The van der Waals surface area contributed by atoms with Gasteiger partial charge in [0.15, 0.2) is 5.82 Å². The minimum atomic E-state index is -0.579. The van der Waals surface area contributed by atoms with Gasteiger partial charge < -0.3 is 33.6 Å². The summed E-state index contributed by atoms with van der Waals surface area (Å²) in [6.07, 6.45) is 2.08. The molecule has 218 valence electrons. The van der Waals surface area contributed by atoms with E-state index in [1.807, 2.05) is 33.9 Å². The van der Waals surface area contributed by atoms with Gasteiger partial charge in [0.05, 0.1) is 31.0 Å². The largest absolute Gasteiger partial charge is 0.494 e. The van der Waals surface area contributed by atoms with Gasteiger partial charge in [0, 0.05) is 43.7 Å². The van der Waals surface area contributed by atoms with E-state index < -0.39 is 11.7 Å². The van der Waals surface area contributed by atoms with Gasteiger partial charge in [0.25, 0.3) is 5.91 Å². The van der Waals surface area contributed by atoms with E-state index in [9.17, 15) is 9.59 Å². The number of hydrogen-bond donors (Lipinski definition) is 1. The van der Waals surface area contributed by atoms with E-state index in [-0.39, 0.29) is 18.0 Å². The standard InChI is InChI=1S/C30H37N5O5S/c1-30(2,3)40-29(37)31-20-7-6-10-34(16-20)27(36)19-13-22-25(24(15-19)38-5)33(4)26(32-22)23-14-18-9-12-41-28(18)35(23)21-8-11-39-17-21/h9,12-15,20-21H,6-8,10-11,16-17H2,1-5H3,(H,31,37)/t20-,21?/m1/s1. The number of aromatic nitrogens is 3. The lowest BCUT2D eigenvalue weighted by molar-refractivity contribution is 0.0452. The number of carbonyl (C=O) groups excluding carboxylic acids is 2.